The van der Waals surface area contributed by atoms with Gasteiger partial charge in [0, 0.05) is 24.2 Å². The fraction of sp³-hybridized carbons (Fsp3) is 0.467. The number of halogens is 1. The highest BCUT2D eigenvalue weighted by Gasteiger charge is 2.29. The molecule has 1 fully saturated rings. The number of hydrogen-bond acceptors (Lipinski definition) is 4. The second-order valence-electron chi connectivity index (χ2n) is 5.33. The number of ether oxygens (including phenoxy) is 1. The summed E-state index contributed by atoms with van der Waals surface area (Å²) in [5.41, 5.74) is 4.51. The van der Waals surface area contributed by atoms with E-state index in [0.717, 1.165) is 42.8 Å². The lowest BCUT2D eigenvalue weighted by Crippen LogP contribution is -2.36. The number of furan rings is 1. The lowest BCUT2D eigenvalue weighted by molar-refractivity contribution is 0.0508. The van der Waals surface area contributed by atoms with Gasteiger partial charge in [-0.2, -0.15) is 0 Å². The fourth-order valence-electron chi connectivity index (χ4n) is 2.98. The van der Waals surface area contributed by atoms with Crippen LogP contribution in [0, 0.1) is 18.7 Å². The van der Waals surface area contributed by atoms with Crippen LogP contribution < -0.4 is 11.3 Å². The molecule has 3 rings (SSSR count). The van der Waals surface area contributed by atoms with Gasteiger partial charge in [0.1, 0.15) is 17.2 Å². The van der Waals surface area contributed by atoms with Gasteiger partial charge in [-0.05, 0) is 43.9 Å². The zero-order valence-electron chi connectivity index (χ0n) is 11.5. The molecule has 3 N–H and O–H groups in total. The van der Waals surface area contributed by atoms with Crippen LogP contribution >= 0.6 is 0 Å². The molecule has 2 heterocycles. The molecule has 1 saturated heterocycles. The molecule has 1 aliphatic heterocycles. The van der Waals surface area contributed by atoms with Gasteiger partial charge in [-0.1, -0.05) is 0 Å². The van der Waals surface area contributed by atoms with Crippen LogP contribution in [0.2, 0.25) is 0 Å². The molecule has 4 nitrogen and oxygen atoms in total. The third kappa shape index (κ3) is 2.32. The van der Waals surface area contributed by atoms with E-state index in [0.29, 0.717) is 11.5 Å². The molecule has 1 atom stereocenters. The molecular weight excluding hydrogens is 259 g/mol. The molecule has 0 saturated carbocycles. The molecule has 0 amide bonds. The van der Waals surface area contributed by atoms with Crippen molar-refractivity contribution in [2.24, 2.45) is 11.8 Å². The maximum absolute atomic E-state index is 13.4. The topological polar surface area (TPSA) is 60.4 Å². The Labute approximate surface area is 117 Å². The average Bonchev–Trinajstić information content (AvgIpc) is 2.78. The van der Waals surface area contributed by atoms with E-state index >= 15 is 0 Å². The Morgan fingerprint density at radius 3 is 2.80 bits per heavy atom. The first kappa shape index (κ1) is 13.5. The second kappa shape index (κ2) is 5.52. The average molecular weight is 278 g/mol. The molecule has 1 aliphatic rings. The van der Waals surface area contributed by atoms with Crippen molar-refractivity contribution < 1.29 is 13.5 Å². The smallest absolute Gasteiger partial charge is 0.134 e. The molecule has 108 valence electrons. The van der Waals surface area contributed by atoms with Crippen molar-refractivity contribution in [3.8, 4) is 0 Å². The summed E-state index contributed by atoms with van der Waals surface area (Å²) in [5, 5.41) is 0.812. The van der Waals surface area contributed by atoms with Gasteiger partial charge in [0.05, 0.1) is 6.04 Å². The number of benzene rings is 1. The number of aryl methyl sites for hydroxylation is 1. The van der Waals surface area contributed by atoms with E-state index in [-0.39, 0.29) is 11.9 Å². The Balaban J connectivity index is 2.00. The van der Waals surface area contributed by atoms with Crippen LogP contribution in [0.5, 0.6) is 0 Å². The summed E-state index contributed by atoms with van der Waals surface area (Å²) in [6.07, 6.45) is 1.89. The van der Waals surface area contributed by atoms with E-state index in [1.807, 2.05) is 6.92 Å². The lowest BCUT2D eigenvalue weighted by Gasteiger charge is -2.28. The maximum Gasteiger partial charge on any atom is 0.134 e. The molecule has 0 aliphatic carbocycles. The van der Waals surface area contributed by atoms with Gasteiger partial charge in [0.15, 0.2) is 0 Å². The second-order valence-corrected chi connectivity index (χ2v) is 5.33. The minimum atomic E-state index is -0.253. The molecule has 1 aromatic heterocycles. The highest BCUT2D eigenvalue weighted by atomic mass is 19.1. The van der Waals surface area contributed by atoms with Gasteiger partial charge in [0.2, 0.25) is 0 Å². The number of hydrazine groups is 1. The van der Waals surface area contributed by atoms with Crippen LogP contribution in [-0.4, -0.2) is 13.2 Å². The first-order chi connectivity index (χ1) is 9.70. The van der Waals surface area contributed by atoms with E-state index in [2.05, 4.69) is 5.43 Å². The summed E-state index contributed by atoms with van der Waals surface area (Å²) in [6.45, 7) is 3.44. The van der Waals surface area contributed by atoms with E-state index in [9.17, 15) is 4.39 Å². The first-order valence-electron chi connectivity index (χ1n) is 6.93. The SMILES string of the molecule is Cc1c(C(NN)C2CCOCC2)oc2ccc(F)cc12. The van der Waals surface area contributed by atoms with Gasteiger partial charge < -0.3 is 9.15 Å². The van der Waals surface area contributed by atoms with Crippen molar-refractivity contribution in [2.75, 3.05) is 13.2 Å². The van der Waals surface area contributed by atoms with Gasteiger partial charge in [-0.15, -0.1) is 0 Å². The number of fused-ring (bicyclic) bond motifs is 1. The molecule has 1 aromatic carbocycles. The van der Waals surface area contributed by atoms with Gasteiger partial charge in [0.25, 0.3) is 0 Å². The summed E-state index contributed by atoms with van der Waals surface area (Å²) in [4.78, 5) is 0. The van der Waals surface area contributed by atoms with Crippen molar-refractivity contribution in [3.05, 3.63) is 35.3 Å². The third-order valence-electron chi connectivity index (χ3n) is 4.13. The molecule has 0 spiro atoms. The highest BCUT2D eigenvalue weighted by molar-refractivity contribution is 5.82. The number of hydrogen-bond donors (Lipinski definition) is 2. The first-order valence-corrected chi connectivity index (χ1v) is 6.93. The van der Waals surface area contributed by atoms with Crippen molar-refractivity contribution in [1.29, 1.82) is 0 Å². The Kier molecular flexibility index (Phi) is 3.74. The van der Waals surface area contributed by atoms with Crippen molar-refractivity contribution >= 4 is 11.0 Å². The largest absolute Gasteiger partial charge is 0.459 e. The van der Waals surface area contributed by atoms with Crippen molar-refractivity contribution in [3.63, 3.8) is 0 Å². The van der Waals surface area contributed by atoms with Crippen LogP contribution in [0.15, 0.2) is 22.6 Å². The van der Waals surface area contributed by atoms with Gasteiger partial charge in [-0.25, -0.2) is 9.82 Å². The number of nitrogens with two attached hydrogens (primary N) is 1. The zero-order chi connectivity index (χ0) is 14.1. The van der Waals surface area contributed by atoms with Crippen LogP contribution in [0.25, 0.3) is 11.0 Å². The van der Waals surface area contributed by atoms with Crippen LogP contribution in [0.3, 0.4) is 0 Å². The summed E-state index contributed by atoms with van der Waals surface area (Å²) >= 11 is 0. The molecule has 5 heteroatoms. The normalized spacial score (nSPS) is 18.6. The molecular formula is C15H19FN2O2. The standard InChI is InChI=1S/C15H19FN2O2/c1-9-12-8-11(16)2-3-13(12)20-15(9)14(18-17)10-4-6-19-7-5-10/h2-3,8,10,14,18H,4-7,17H2,1H3. The summed E-state index contributed by atoms with van der Waals surface area (Å²) < 4.78 is 24.7. The fourth-order valence-corrected chi connectivity index (χ4v) is 2.98. The molecule has 2 aromatic rings. The molecule has 20 heavy (non-hydrogen) atoms. The number of rotatable bonds is 3. The monoisotopic (exact) mass is 278 g/mol. The minimum Gasteiger partial charge on any atom is -0.459 e. The Morgan fingerprint density at radius 2 is 2.10 bits per heavy atom. The Hall–Kier alpha value is -1.43. The summed E-state index contributed by atoms with van der Waals surface area (Å²) in [5.74, 6) is 6.66. The van der Waals surface area contributed by atoms with Crippen molar-refractivity contribution in [2.45, 2.75) is 25.8 Å². The van der Waals surface area contributed by atoms with E-state index in [4.69, 9.17) is 15.0 Å². The third-order valence-corrected chi connectivity index (χ3v) is 4.13. The minimum absolute atomic E-state index is 0.0608. The highest BCUT2D eigenvalue weighted by Crippen LogP contribution is 2.36. The van der Waals surface area contributed by atoms with Gasteiger partial charge >= 0.3 is 0 Å². The zero-order valence-corrected chi connectivity index (χ0v) is 11.5. The summed E-state index contributed by atoms with van der Waals surface area (Å²) in [7, 11) is 0. The predicted molar refractivity (Wildman–Crippen MR) is 74.5 cm³/mol. The van der Waals surface area contributed by atoms with Crippen molar-refractivity contribution in [1.82, 2.24) is 5.43 Å². The Morgan fingerprint density at radius 1 is 1.35 bits per heavy atom. The molecule has 0 radical (unpaired) electrons. The predicted octanol–water partition coefficient (Wildman–Crippen LogP) is 2.81. The maximum atomic E-state index is 13.4. The summed E-state index contributed by atoms with van der Waals surface area (Å²) in [6, 6.07) is 4.52. The van der Waals surface area contributed by atoms with E-state index in [1.54, 1.807) is 6.07 Å². The van der Waals surface area contributed by atoms with E-state index < -0.39 is 0 Å². The van der Waals surface area contributed by atoms with Gasteiger partial charge in [-0.3, -0.25) is 5.84 Å². The molecule has 0 bridgehead atoms. The van der Waals surface area contributed by atoms with Crippen LogP contribution in [-0.2, 0) is 4.74 Å². The molecule has 1 unspecified atom stereocenters. The Bertz CT molecular complexity index is 605. The lowest BCUT2D eigenvalue weighted by atomic mass is 9.89. The number of nitrogens with one attached hydrogen (secondary N) is 1. The van der Waals surface area contributed by atoms with Crippen LogP contribution in [0.4, 0.5) is 4.39 Å². The van der Waals surface area contributed by atoms with Crippen LogP contribution in [0.1, 0.15) is 30.2 Å². The quantitative estimate of drug-likeness (QED) is 0.669. The van der Waals surface area contributed by atoms with E-state index in [1.165, 1.54) is 12.1 Å².